The smallest absolute Gasteiger partial charge is 0.254 e. The monoisotopic (exact) mass is 385 g/mol. The van der Waals surface area contributed by atoms with Crippen molar-refractivity contribution < 1.29 is 9.18 Å². The summed E-state index contributed by atoms with van der Waals surface area (Å²) in [6, 6.07) is 13.9. The second-order valence-corrected chi connectivity index (χ2v) is 6.68. The molecule has 0 saturated heterocycles. The predicted molar refractivity (Wildman–Crippen MR) is 105 cm³/mol. The quantitative estimate of drug-likeness (QED) is 0.646. The van der Waals surface area contributed by atoms with Gasteiger partial charge in [-0.1, -0.05) is 43.1 Å². The van der Waals surface area contributed by atoms with Crippen LogP contribution in [-0.4, -0.2) is 22.2 Å². The fraction of sp³-hybridized carbons (Fsp3) is 0.238. The second kappa shape index (κ2) is 8.82. The molecule has 0 spiro atoms. The first kappa shape index (κ1) is 19.1. The van der Waals surface area contributed by atoms with E-state index in [9.17, 15) is 9.18 Å². The van der Waals surface area contributed by atoms with E-state index in [1.54, 1.807) is 41.2 Å². The van der Waals surface area contributed by atoms with Gasteiger partial charge in [-0.15, -0.1) is 0 Å². The van der Waals surface area contributed by atoms with E-state index in [-0.39, 0.29) is 11.7 Å². The van der Waals surface area contributed by atoms with Crippen LogP contribution in [0.5, 0.6) is 0 Å². The zero-order valence-corrected chi connectivity index (χ0v) is 15.8. The van der Waals surface area contributed by atoms with Crippen molar-refractivity contribution in [2.75, 3.05) is 6.54 Å². The van der Waals surface area contributed by atoms with Gasteiger partial charge in [-0.05, 0) is 48.7 Å². The van der Waals surface area contributed by atoms with Crippen LogP contribution < -0.4 is 5.32 Å². The molecule has 140 valence electrons. The van der Waals surface area contributed by atoms with E-state index >= 15 is 0 Å². The van der Waals surface area contributed by atoms with Crippen molar-refractivity contribution in [1.29, 1.82) is 0 Å². The molecular formula is C21H21ClFN3O. The minimum Gasteiger partial charge on any atom is -0.352 e. The summed E-state index contributed by atoms with van der Waals surface area (Å²) in [5, 5.41) is 7.90. The Morgan fingerprint density at radius 3 is 2.59 bits per heavy atom. The fourth-order valence-electron chi connectivity index (χ4n) is 2.95. The zero-order chi connectivity index (χ0) is 19.2. The zero-order valence-electron chi connectivity index (χ0n) is 15.1. The van der Waals surface area contributed by atoms with Crippen LogP contribution in [0.2, 0.25) is 5.02 Å². The highest BCUT2D eigenvalue weighted by atomic mass is 35.5. The first-order valence-corrected chi connectivity index (χ1v) is 9.32. The normalized spacial score (nSPS) is 10.8. The lowest BCUT2D eigenvalue weighted by molar-refractivity contribution is 0.0953. The van der Waals surface area contributed by atoms with Crippen LogP contribution in [0.25, 0.3) is 5.69 Å². The number of nitrogens with zero attached hydrogens (tertiary/aromatic N) is 2. The third-order valence-electron chi connectivity index (χ3n) is 4.31. The summed E-state index contributed by atoms with van der Waals surface area (Å²) in [6.45, 7) is 2.41. The van der Waals surface area contributed by atoms with Crippen LogP contribution in [0, 0.1) is 5.82 Å². The lowest BCUT2D eigenvalue weighted by Gasteiger charge is -2.10. The number of hydrogen-bond donors (Lipinski definition) is 1. The summed E-state index contributed by atoms with van der Waals surface area (Å²) in [5.41, 5.74) is 2.83. The molecule has 1 aromatic heterocycles. The SMILES string of the molecule is CCCc1c(C(=O)NCCc2ccccc2F)cnn1-c1ccc(Cl)cc1. The van der Waals surface area contributed by atoms with E-state index in [0.717, 1.165) is 24.2 Å². The summed E-state index contributed by atoms with van der Waals surface area (Å²) in [4.78, 5) is 12.6. The van der Waals surface area contributed by atoms with Gasteiger partial charge in [0.2, 0.25) is 0 Å². The number of halogens is 2. The number of rotatable bonds is 7. The van der Waals surface area contributed by atoms with Crippen LogP contribution in [0.1, 0.15) is 35.0 Å². The summed E-state index contributed by atoms with van der Waals surface area (Å²) in [7, 11) is 0. The van der Waals surface area contributed by atoms with Gasteiger partial charge in [-0.3, -0.25) is 4.79 Å². The number of amides is 1. The lowest BCUT2D eigenvalue weighted by atomic mass is 10.1. The van der Waals surface area contributed by atoms with E-state index < -0.39 is 0 Å². The maximum atomic E-state index is 13.7. The lowest BCUT2D eigenvalue weighted by Crippen LogP contribution is -2.26. The Morgan fingerprint density at radius 2 is 1.89 bits per heavy atom. The number of nitrogens with one attached hydrogen (secondary N) is 1. The molecule has 2 aromatic carbocycles. The Labute approximate surface area is 163 Å². The van der Waals surface area contributed by atoms with Crippen LogP contribution in [-0.2, 0) is 12.8 Å². The largest absolute Gasteiger partial charge is 0.352 e. The van der Waals surface area contributed by atoms with Crippen molar-refractivity contribution >= 4 is 17.5 Å². The molecule has 0 radical (unpaired) electrons. The van der Waals surface area contributed by atoms with Gasteiger partial charge < -0.3 is 5.32 Å². The standard InChI is InChI=1S/C21H21ClFN3O/c1-2-5-20-18(14-25-26(20)17-10-8-16(22)9-11-17)21(27)24-13-12-15-6-3-4-7-19(15)23/h3-4,6-11,14H,2,5,12-13H2,1H3,(H,24,27). The minimum absolute atomic E-state index is 0.199. The highest BCUT2D eigenvalue weighted by molar-refractivity contribution is 6.30. The number of aromatic nitrogens is 2. The average molecular weight is 386 g/mol. The van der Waals surface area contributed by atoms with Crippen molar-refractivity contribution in [3.05, 3.63) is 82.4 Å². The third-order valence-corrected chi connectivity index (χ3v) is 4.56. The van der Waals surface area contributed by atoms with Crippen molar-refractivity contribution in [2.24, 2.45) is 0 Å². The first-order chi connectivity index (χ1) is 13.1. The molecule has 0 aliphatic carbocycles. The van der Waals surface area contributed by atoms with Gasteiger partial charge in [-0.2, -0.15) is 5.10 Å². The summed E-state index contributed by atoms with van der Waals surface area (Å²) in [6.07, 6.45) is 3.62. The molecule has 3 rings (SSSR count). The Morgan fingerprint density at radius 1 is 1.15 bits per heavy atom. The molecule has 27 heavy (non-hydrogen) atoms. The second-order valence-electron chi connectivity index (χ2n) is 6.24. The molecule has 1 heterocycles. The highest BCUT2D eigenvalue weighted by Gasteiger charge is 2.17. The van der Waals surface area contributed by atoms with Gasteiger partial charge in [-0.25, -0.2) is 9.07 Å². The van der Waals surface area contributed by atoms with Gasteiger partial charge in [0.1, 0.15) is 5.82 Å². The van der Waals surface area contributed by atoms with Gasteiger partial charge in [0.25, 0.3) is 5.91 Å². The van der Waals surface area contributed by atoms with Crippen LogP contribution in [0.15, 0.2) is 54.7 Å². The topological polar surface area (TPSA) is 46.9 Å². The number of carbonyl (C=O) groups is 1. The van der Waals surface area contributed by atoms with Gasteiger partial charge >= 0.3 is 0 Å². The molecule has 0 saturated carbocycles. The van der Waals surface area contributed by atoms with Crippen LogP contribution >= 0.6 is 11.6 Å². The van der Waals surface area contributed by atoms with Crippen molar-refractivity contribution in [1.82, 2.24) is 15.1 Å². The minimum atomic E-state index is -0.256. The van der Waals surface area contributed by atoms with Crippen LogP contribution in [0.3, 0.4) is 0 Å². The van der Waals surface area contributed by atoms with Gasteiger partial charge in [0.05, 0.1) is 23.1 Å². The van der Waals surface area contributed by atoms with E-state index in [2.05, 4.69) is 17.3 Å². The van der Waals surface area contributed by atoms with E-state index in [1.165, 1.54) is 6.07 Å². The van der Waals surface area contributed by atoms with Gasteiger partial charge in [0, 0.05) is 11.6 Å². The average Bonchev–Trinajstić information content (AvgIpc) is 3.08. The van der Waals surface area contributed by atoms with Crippen molar-refractivity contribution in [3.63, 3.8) is 0 Å². The Kier molecular flexibility index (Phi) is 6.24. The molecule has 0 fully saturated rings. The molecule has 0 bridgehead atoms. The number of benzene rings is 2. The molecule has 1 amide bonds. The maximum absolute atomic E-state index is 13.7. The molecule has 1 N–H and O–H groups in total. The van der Waals surface area contributed by atoms with E-state index in [4.69, 9.17) is 11.6 Å². The van der Waals surface area contributed by atoms with E-state index in [0.29, 0.717) is 29.1 Å². The number of hydrogen-bond acceptors (Lipinski definition) is 2. The first-order valence-electron chi connectivity index (χ1n) is 8.94. The van der Waals surface area contributed by atoms with Crippen LogP contribution in [0.4, 0.5) is 4.39 Å². The summed E-state index contributed by atoms with van der Waals surface area (Å²) in [5.74, 6) is -0.455. The van der Waals surface area contributed by atoms with Gasteiger partial charge in [0.15, 0.2) is 0 Å². The highest BCUT2D eigenvalue weighted by Crippen LogP contribution is 2.19. The summed E-state index contributed by atoms with van der Waals surface area (Å²) < 4.78 is 15.5. The fourth-order valence-corrected chi connectivity index (χ4v) is 3.08. The molecule has 6 heteroatoms. The third kappa shape index (κ3) is 4.55. The molecule has 3 aromatic rings. The van der Waals surface area contributed by atoms with Crippen molar-refractivity contribution in [3.8, 4) is 5.69 Å². The Balaban J connectivity index is 1.74. The maximum Gasteiger partial charge on any atom is 0.254 e. The Bertz CT molecular complexity index is 921. The van der Waals surface area contributed by atoms with Crippen molar-refractivity contribution in [2.45, 2.75) is 26.2 Å². The Hall–Kier alpha value is -2.66. The molecule has 0 atom stereocenters. The molecule has 0 aliphatic rings. The predicted octanol–water partition coefficient (Wildman–Crippen LogP) is 4.59. The number of carbonyl (C=O) groups excluding carboxylic acids is 1. The molecule has 0 unspecified atom stereocenters. The summed E-state index contributed by atoms with van der Waals surface area (Å²) >= 11 is 5.95. The molecule has 4 nitrogen and oxygen atoms in total. The van der Waals surface area contributed by atoms with E-state index in [1.807, 2.05) is 12.1 Å². The molecular weight excluding hydrogens is 365 g/mol. The molecule has 0 aliphatic heterocycles.